The number of hydrogen-bond acceptors (Lipinski definition) is 6. The molecule has 8 heteroatoms. The summed E-state index contributed by atoms with van der Waals surface area (Å²) in [5.41, 5.74) is 2.36. The van der Waals surface area contributed by atoms with Crippen LogP contribution in [0.15, 0.2) is 70.2 Å². The normalized spacial score (nSPS) is 10.8. The summed E-state index contributed by atoms with van der Waals surface area (Å²) < 4.78 is 0.788. The molecule has 0 saturated heterocycles. The first kappa shape index (κ1) is 19.4. The predicted octanol–water partition coefficient (Wildman–Crippen LogP) is 5.62. The van der Waals surface area contributed by atoms with Crippen LogP contribution in [0.3, 0.4) is 0 Å². The Morgan fingerprint density at radius 1 is 1.07 bits per heavy atom. The van der Waals surface area contributed by atoms with Crippen molar-refractivity contribution in [2.45, 2.75) is 4.90 Å². The molecule has 0 fully saturated rings. The van der Waals surface area contributed by atoms with Gasteiger partial charge in [0.1, 0.15) is 0 Å². The first-order valence-electron chi connectivity index (χ1n) is 8.62. The summed E-state index contributed by atoms with van der Waals surface area (Å²) in [4.78, 5) is 26.1. The average molecular weight is 467 g/mol. The van der Waals surface area contributed by atoms with Crippen LogP contribution in [0.2, 0.25) is 0 Å². The molecule has 0 saturated carbocycles. The zero-order chi connectivity index (χ0) is 20.4. The van der Waals surface area contributed by atoms with Crippen LogP contribution in [-0.2, 0) is 0 Å². The van der Waals surface area contributed by atoms with Crippen LogP contribution >= 0.6 is 27.7 Å². The maximum absolute atomic E-state index is 11.9. The molecule has 0 spiro atoms. The second-order valence-corrected chi connectivity index (χ2v) is 7.87. The van der Waals surface area contributed by atoms with Crippen molar-refractivity contribution in [3.8, 4) is 11.1 Å². The highest BCUT2D eigenvalue weighted by atomic mass is 79.9. The number of nitrogens with zero attached hydrogens (tertiary/aromatic N) is 3. The van der Waals surface area contributed by atoms with Gasteiger partial charge in [-0.2, -0.15) is 4.98 Å². The van der Waals surface area contributed by atoms with Gasteiger partial charge in [0.15, 0.2) is 11.3 Å². The fourth-order valence-electron chi connectivity index (χ4n) is 2.90. The molecule has 2 N–H and O–H groups in total. The zero-order valence-electron chi connectivity index (χ0n) is 15.3. The number of fused-ring (bicyclic) bond motifs is 1. The van der Waals surface area contributed by atoms with E-state index in [0.29, 0.717) is 22.5 Å². The molecule has 0 aliphatic rings. The molecule has 2 heterocycles. The first-order valence-corrected chi connectivity index (χ1v) is 10.6. The molecule has 29 heavy (non-hydrogen) atoms. The van der Waals surface area contributed by atoms with Crippen molar-refractivity contribution in [1.29, 1.82) is 0 Å². The number of carboxylic acid groups (broad SMARTS) is 1. The van der Waals surface area contributed by atoms with Crippen LogP contribution in [0.25, 0.3) is 22.2 Å². The van der Waals surface area contributed by atoms with Gasteiger partial charge >= 0.3 is 5.97 Å². The third-order valence-corrected chi connectivity index (χ3v) is 5.68. The standard InChI is InChI=1S/C21H15BrN4O2S/c1-29-14-6-4-5-13(10-14)24-21-23-11-12-9-16(15-7-2-3-8-17(15)22)18(20(27)28)25-19(12)26-21/h2-11H,1H3,(H,27,28)(H,23,24,25,26). The maximum atomic E-state index is 11.9. The highest BCUT2D eigenvalue weighted by molar-refractivity contribution is 9.10. The molecule has 2 aromatic heterocycles. The van der Waals surface area contributed by atoms with Gasteiger partial charge in [-0.15, -0.1) is 11.8 Å². The van der Waals surface area contributed by atoms with Gasteiger partial charge in [0.2, 0.25) is 5.95 Å². The van der Waals surface area contributed by atoms with Crippen LogP contribution in [-0.4, -0.2) is 32.3 Å². The van der Waals surface area contributed by atoms with E-state index in [1.54, 1.807) is 24.0 Å². The van der Waals surface area contributed by atoms with E-state index in [-0.39, 0.29) is 5.69 Å². The number of halogens is 1. The van der Waals surface area contributed by atoms with Crippen LogP contribution in [0.5, 0.6) is 0 Å². The summed E-state index contributed by atoms with van der Waals surface area (Å²) in [5, 5.41) is 13.5. The lowest BCUT2D eigenvalue weighted by Gasteiger charge is -2.10. The largest absolute Gasteiger partial charge is 0.476 e. The lowest BCUT2D eigenvalue weighted by molar-refractivity contribution is 0.0692. The minimum absolute atomic E-state index is 0.0570. The van der Waals surface area contributed by atoms with E-state index >= 15 is 0 Å². The number of aromatic carboxylic acids is 1. The Labute approximate surface area is 179 Å². The Balaban J connectivity index is 1.78. The van der Waals surface area contributed by atoms with E-state index in [2.05, 4.69) is 36.2 Å². The molecule has 6 nitrogen and oxygen atoms in total. The number of benzene rings is 2. The number of anilines is 2. The summed E-state index contributed by atoms with van der Waals surface area (Å²) in [6.45, 7) is 0. The molecule has 0 aliphatic carbocycles. The Morgan fingerprint density at radius 2 is 1.90 bits per heavy atom. The molecular formula is C21H15BrN4O2S. The number of rotatable bonds is 5. The predicted molar refractivity (Wildman–Crippen MR) is 119 cm³/mol. The molecule has 2 aromatic carbocycles. The average Bonchev–Trinajstić information content (AvgIpc) is 2.73. The monoisotopic (exact) mass is 466 g/mol. The van der Waals surface area contributed by atoms with Gasteiger partial charge < -0.3 is 10.4 Å². The fraction of sp³-hybridized carbons (Fsp3) is 0.0476. The molecule has 0 bridgehead atoms. The van der Waals surface area contributed by atoms with Crippen molar-refractivity contribution in [3.05, 3.63) is 71.0 Å². The Morgan fingerprint density at radius 3 is 2.66 bits per heavy atom. The summed E-state index contributed by atoms with van der Waals surface area (Å²) in [6.07, 6.45) is 3.65. The van der Waals surface area contributed by atoms with E-state index in [4.69, 9.17) is 0 Å². The van der Waals surface area contributed by atoms with Crippen molar-refractivity contribution in [2.24, 2.45) is 0 Å². The summed E-state index contributed by atoms with van der Waals surface area (Å²) in [5.74, 6) is -0.758. The number of thioether (sulfide) groups is 1. The first-order chi connectivity index (χ1) is 14.0. The molecule has 0 radical (unpaired) electrons. The number of carbonyl (C=O) groups is 1. The topological polar surface area (TPSA) is 88.0 Å². The Kier molecular flexibility index (Phi) is 5.46. The third kappa shape index (κ3) is 4.08. The van der Waals surface area contributed by atoms with Crippen molar-refractivity contribution in [1.82, 2.24) is 15.0 Å². The fourth-order valence-corrected chi connectivity index (χ4v) is 3.86. The van der Waals surface area contributed by atoms with Crippen molar-refractivity contribution >= 4 is 56.3 Å². The Bertz CT molecular complexity index is 1230. The van der Waals surface area contributed by atoms with E-state index in [9.17, 15) is 9.90 Å². The van der Waals surface area contributed by atoms with E-state index in [1.165, 1.54) is 0 Å². The third-order valence-electron chi connectivity index (χ3n) is 4.26. The number of carboxylic acids is 1. The molecule has 0 atom stereocenters. The smallest absolute Gasteiger partial charge is 0.355 e. The van der Waals surface area contributed by atoms with E-state index in [1.807, 2.05) is 54.8 Å². The molecule has 144 valence electrons. The van der Waals surface area contributed by atoms with Crippen molar-refractivity contribution in [2.75, 3.05) is 11.6 Å². The van der Waals surface area contributed by atoms with Crippen molar-refractivity contribution < 1.29 is 9.90 Å². The maximum Gasteiger partial charge on any atom is 0.355 e. The highest BCUT2D eigenvalue weighted by Crippen LogP contribution is 2.32. The van der Waals surface area contributed by atoms with Gasteiger partial charge in [-0.05, 0) is 42.2 Å². The second kappa shape index (κ2) is 8.18. The zero-order valence-corrected chi connectivity index (χ0v) is 17.7. The van der Waals surface area contributed by atoms with Crippen LogP contribution < -0.4 is 5.32 Å². The van der Waals surface area contributed by atoms with Gasteiger partial charge in [-0.25, -0.2) is 14.8 Å². The molecule has 0 unspecified atom stereocenters. The van der Waals surface area contributed by atoms with Gasteiger partial charge in [0.05, 0.1) is 0 Å². The summed E-state index contributed by atoms with van der Waals surface area (Å²) >= 11 is 5.12. The van der Waals surface area contributed by atoms with Gasteiger partial charge in [-0.3, -0.25) is 0 Å². The van der Waals surface area contributed by atoms with Crippen LogP contribution in [0.1, 0.15) is 10.5 Å². The van der Waals surface area contributed by atoms with Crippen LogP contribution in [0.4, 0.5) is 11.6 Å². The minimum atomic E-state index is -1.11. The summed E-state index contributed by atoms with van der Waals surface area (Å²) in [7, 11) is 0. The Hall–Kier alpha value is -2.97. The minimum Gasteiger partial charge on any atom is -0.476 e. The lowest BCUT2D eigenvalue weighted by atomic mass is 10.0. The number of hydrogen-bond donors (Lipinski definition) is 2. The molecular weight excluding hydrogens is 452 g/mol. The van der Waals surface area contributed by atoms with Crippen LogP contribution in [0, 0.1) is 0 Å². The lowest BCUT2D eigenvalue weighted by Crippen LogP contribution is -2.06. The highest BCUT2D eigenvalue weighted by Gasteiger charge is 2.18. The van der Waals surface area contributed by atoms with Gasteiger partial charge in [0.25, 0.3) is 0 Å². The number of pyridine rings is 1. The van der Waals surface area contributed by atoms with E-state index < -0.39 is 5.97 Å². The SMILES string of the molecule is CSc1cccc(Nc2ncc3cc(-c4ccccc4Br)c(C(=O)O)nc3n2)c1. The van der Waals surface area contributed by atoms with Gasteiger partial charge in [-0.1, -0.05) is 40.2 Å². The van der Waals surface area contributed by atoms with E-state index in [0.717, 1.165) is 20.6 Å². The number of nitrogens with one attached hydrogen (secondary N) is 1. The number of aromatic nitrogens is 3. The van der Waals surface area contributed by atoms with Gasteiger partial charge in [0, 0.05) is 32.2 Å². The quantitative estimate of drug-likeness (QED) is 0.369. The molecule has 4 aromatic rings. The molecule has 0 aliphatic heterocycles. The van der Waals surface area contributed by atoms with Crippen molar-refractivity contribution in [3.63, 3.8) is 0 Å². The second-order valence-electron chi connectivity index (χ2n) is 6.13. The summed E-state index contributed by atoms with van der Waals surface area (Å²) in [6, 6.07) is 17.0. The molecule has 4 rings (SSSR count). The molecule has 0 amide bonds.